The van der Waals surface area contributed by atoms with Gasteiger partial charge in [0, 0.05) is 30.6 Å². The fraction of sp³-hybridized carbons (Fsp3) is 0.551. The number of nitrogens with one attached hydrogen (secondary N) is 1. The number of rotatable bonds is 27. The summed E-state index contributed by atoms with van der Waals surface area (Å²) in [6.45, 7) is 1.99. The Kier molecular flexibility index (Phi) is 21.4. The van der Waals surface area contributed by atoms with E-state index in [0.717, 1.165) is 47.2 Å². The van der Waals surface area contributed by atoms with Crippen molar-refractivity contribution >= 4 is 35.7 Å². The molecule has 72 heavy (non-hydrogen) atoms. The van der Waals surface area contributed by atoms with Gasteiger partial charge in [0.25, 0.3) is 0 Å². The van der Waals surface area contributed by atoms with E-state index in [1.165, 1.54) is 0 Å². The van der Waals surface area contributed by atoms with Gasteiger partial charge >= 0.3 is 12.2 Å². The van der Waals surface area contributed by atoms with E-state index in [-0.39, 0.29) is 82.6 Å². The molecule has 20 nitrogen and oxygen atoms in total. The third kappa shape index (κ3) is 16.0. The summed E-state index contributed by atoms with van der Waals surface area (Å²) in [7, 11) is 1.60. The molecule has 0 radical (unpaired) electrons. The smallest absolute Gasteiger partial charge is 0.496 e. The van der Waals surface area contributed by atoms with Crippen LogP contribution in [0.25, 0.3) is 0 Å². The number of halogens is 3. The average molecular weight is 1040 g/mol. The molecule has 5 atom stereocenters. The van der Waals surface area contributed by atoms with Gasteiger partial charge in [-0.05, 0) is 124 Å². The molecule has 3 aliphatic rings. The van der Waals surface area contributed by atoms with Gasteiger partial charge in [0.1, 0.15) is 23.2 Å². The summed E-state index contributed by atoms with van der Waals surface area (Å²) >= 11 is 5.94. The maximum Gasteiger partial charge on any atom is 0.508 e. The number of hydrogen-bond donors (Lipinski definition) is 5. The van der Waals surface area contributed by atoms with E-state index in [1.807, 2.05) is 54.3 Å². The van der Waals surface area contributed by atoms with Crippen molar-refractivity contribution in [3.05, 3.63) is 93.5 Å². The molecule has 2 aliphatic heterocycles. The van der Waals surface area contributed by atoms with E-state index >= 15 is 4.79 Å². The molecule has 1 aliphatic carbocycles. The number of unbranched alkanes of at least 4 members (excludes halogenated alkanes) is 2. The SMILES string of the molecule is COc1ccc(CN(C(=O)C2C(c3ccc(CCCOc4c(F)ccc(F)c4Cl)cc3)CC3CC(C(=O)NCCOC(=O)OCCCCON(O)O)CC2N3C(=O)OCCCCON(O)O)C2CC2)cc1C. The Labute approximate surface area is 420 Å². The summed E-state index contributed by atoms with van der Waals surface area (Å²) in [5, 5.41) is 36.6. The Morgan fingerprint density at radius 2 is 1.40 bits per heavy atom. The van der Waals surface area contributed by atoms with E-state index in [1.54, 1.807) is 12.0 Å². The first-order chi connectivity index (χ1) is 34.6. The maximum absolute atomic E-state index is 15.6. The van der Waals surface area contributed by atoms with Crippen molar-refractivity contribution in [3.63, 3.8) is 0 Å². The Bertz CT molecular complexity index is 2260. The van der Waals surface area contributed by atoms with Crippen molar-refractivity contribution in [2.75, 3.05) is 53.3 Å². The van der Waals surface area contributed by atoms with Crippen LogP contribution in [0.3, 0.4) is 0 Å². The van der Waals surface area contributed by atoms with Gasteiger partial charge in [-0.3, -0.25) is 40.1 Å². The summed E-state index contributed by atoms with van der Waals surface area (Å²) in [6, 6.07) is 14.1. The van der Waals surface area contributed by atoms with Crippen LogP contribution in [0.1, 0.15) is 92.4 Å². The Morgan fingerprint density at radius 1 is 0.764 bits per heavy atom. The van der Waals surface area contributed by atoms with Crippen molar-refractivity contribution < 1.29 is 82.1 Å². The first kappa shape index (κ1) is 55.9. The van der Waals surface area contributed by atoms with Crippen LogP contribution in [0.2, 0.25) is 5.02 Å². The first-order valence-corrected chi connectivity index (χ1v) is 24.5. The minimum atomic E-state index is -0.948. The molecule has 5 unspecified atom stereocenters. The second-order valence-electron chi connectivity index (χ2n) is 18.0. The minimum Gasteiger partial charge on any atom is -0.496 e. The molecule has 0 aromatic heterocycles. The summed E-state index contributed by atoms with van der Waals surface area (Å²) in [5.41, 5.74) is 3.61. The van der Waals surface area contributed by atoms with Gasteiger partial charge in [-0.2, -0.15) is 0 Å². The number of aryl methyl sites for hydroxylation is 2. The van der Waals surface area contributed by atoms with Crippen LogP contribution in [0.15, 0.2) is 54.6 Å². The van der Waals surface area contributed by atoms with Crippen molar-refractivity contribution in [2.24, 2.45) is 11.8 Å². The number of nitrogens with zero attached hydrogens (tertiary/aromatic N) is 4. The topological polar surface area (TPSA) is 239 Å². The fourth-order valence-corrected chi connectivity index (χ4v) is 9.65. The number of piperidine rings is 2. The lowest BCUT2D eigenvalue weighted by Gasteiger charge is -2.54. The van der Waals surface area contributed by atoms with Crippen molar-refractivity contribution in [2.45, 2.75) is 108 Å². The zero-order valence-electron chi connectivity index (χ0n) is 40.3. The highest BCUT2D eigenvalue weighted by Gasteiger charge is 2.55. The predicted octanol–water partition coefficient (Wildman–Crippen LogP) is 7.68. The van der Waals surface area contributed by atoms with Crippen LogP contribution in [0.4, 0.5) is 18.4 Å². The van der Waals surface area contributed by atoms with Gasteiger partial charge < -0.3 is 38.8 Å². The van der Waals surface area contributed by atoms with Crippen LogP contribution in [0.5, 0.6) is 11.5 Å². The van der Waals surface area contributed by atoms with Gasteiger partial charge in [-0.1, -0.05) is 48.0 Å². The van der Waals surface area contributed by atoms with Crippen LogP contribution in [-0.4, -0.2) is 137 Å². The number of hydrogen-bond acceptors (Lipinski definition) is 17. The number of ether oxygens (including phenoxy) is 5. The number of benzene rings is 3. The first-order valence-electron chi connectivity index (χ1n) is 24.1. The summed E-state index contributed by atoms with van der Waals surface area (Å²) < 4.78 is 55.3. The van der Waals surface area contributed by atoms with E-state index in [4.69, 9.17) is 56.1 Å². The minimum absolute atomic E-state index is 0.00718. The molecule has 0 spiro atoms. The maximum atomic E-state index is 15.6. The number of carbonyl (C=O) groups excluding carboxylic acids is 4. The fourth-order valence-electron chi connectivity index (χ4n) is 9.44. The van der Waals surface area contributed by atoms with Crippen LogP contribution in [0, 0.1) is 30.4 Å². The Balaban J connectivity index is 1.21. The van der Waals surface area contributed by atoms with Gasteiger partial charge in [0.15, 0.2) is 11.6 Å². The lowest BCUT2D eigenvalue weighted by Crippen LogP contribution is -2.64. The van der Waals surface area contributed by atoms with E-state index in [0.29, 0.717) is 57.2 Å². The summed E-state index contributed by atoms with van der Waals surface area (Å²) in [4.78, 5) is 68.6. The third-order valence-corrected chi connectivity index (χ3v) is 13.3. The standard InChI is InChI=1S/C49H64ClF2N5O15/c1-31-26-33(11-18-42(31)66-2)30-54(36-14-15-36)47(59)43-38(34-12-9-32(10-13-34)8-7-22-67-45-40(52)17-16-39(51)44(45)50)29-37-27-35(28-41(43)55(37)48(60)68-20-3-5-23-71-56(62)63)46(58)53-19-25-70-49(61)69-21-4-6-24-72-57(64)65/h9-13,16-18,26,35-38,41,43,62-65H,3-8,14-15,19-25,27-30H2,1-2H3,(H,53,58). The monoisotopic (exact) mass is 1040 g/mol. The highest BCUT2D eigenvalue weighted by molar-refractivity contribution is 6.32. The van der Waals surface area contributed by atoms with Crippen molar-refractivity contribution in [1.29, 1.82) is 0 Å². The molecule has 3 aromatic rings. The van der Waals surface area contributed by atoms with Gasteiger partial charge in [0.05, 0.1) is 63.4 Å². The number of amides is 3. The summed E-state index contributed by atoms with van der Waals surface area (Å²) in [5.74, 6) is -3.54. The van der Waals surface area contributed by atoms with Crippen LogP contribution < -0.4 is 14.8 Å². The molecule has 3 aromatic carbocycles. The molecular weight excluding hydrogens is 972 g/mol. The molecule has 5 N–H and O–H groups in total. The molecule has 3 amide bonds. The normalized spacial score (nSPS) is 19.5. The van der Waals surface area contributed by atoms with Gasteiger partial charge in [0.2, 0.25) is 11.8 Å². The second kappa shape index (κ2) is 27.6. The van der Waals surface area contributed by atoms with E-state index in [9.17, 15) is 23.2 Å². The number of methoxy groups -OCH3 is 1. The summed E-state index contributed by atoms with van der Waals surface area (Å²) in [6.07, 6.45) is 3.07. The van der Waals surface area contributed by atoms with Crippen LogP contribution >= 0.6 is 11.6 Å². The quantitative estimate of drug-likeness (QED) is 0.0213. The Morgan fingerprint density at radius 3 is 2.06 bits per heavy atom. The molecule has 2 heterocycles. The van der Waals surface area contributed by atoms with Crippen molar-refractivity contribution in [3.8, 4) is 11.5 Å². The Hall–Kier alpha value is -5.43. The predicted molar refractivity (Wildman–Crippen MR) is 249 cm³/mol. The second-order valence-corrected chi connectivity index (χ2v) is 18.3. The van der Waals surface area contributed by atoms with Crippen molar-refractivity contribution in [1.82, 2.24) is 25.9 Å². The molecule has 396 valence electrons. The average Bonchev–Trinajstić information content (AvgIpc) is 4.20. The van der Waals surface area contributed by atoms with E-state index in [2.05, 4.69) is 15.0 Å². The highest BCUT2D eigenvalue weighted by Crippen LogP contribution is 2.49. The largest absolute Gasteiger partial charge is 0.508 e. The molecule has 2 saturated heterocycles. The molecule has 6 rings (SSSR count). The van der Waals surface area contributed by atoms with E-state index < -0.39 is 69.5 Å². The van der Waals surface area contributed by atoms with Gasteiger partial charge in [-0.15, -0.1) is 0 Å². The lowest BCUT2D eigenvalue weighted by molar-refractivity contribution is -0.492. The third-order valence-electron chi connectivity index (χ3n) is 13.0. The molecule has 3 fully saturated rings. The molecular formula is C49H64ClF2N5O15. The highest BCUT2D eigenvalue weighted by atomic mass is 35.5. The zero-order chi connectivity index (χ0) is 51.7. The molecule has 2 bridgehead atoms. The van der Waals surface area contributed by atoms with Crippen LogP contribution in [-0.2, 0) is 46.4 Å². The number of carbonyl (C=O) groups is 4. The molecule has 23 heteroatoms. The zero-order valence-corrected chi connectivity index (χ0v) is 41.1. The molecule has 1 saturated carbocycles. The van der Waals surface area contributed by atoms with Gasteiger partial charge in [-0.25, -0.2) is 18.4 Å². The lowest BCUT2D eigenvalue weighted by atomic mass is 9.65. The number of fused-ring (bicyclic) bond motifs is 2.